The number of hydrogen-bond acceptors (Lipinski definition) is 3. The number of hydrogen-bond donors (Lipinski definition) is 2. The van der Waals surface area contributed by atoms with Gasteiger partial charge in [-0.25, -0.2) is 0 Å². The number of nitrogens with zero attached hydrogens (tertiary/aromatic N) is 1. The molecule has 1 rings (SSSR count). The van der Waals surface area contributed by atoms with Gasteiger partial charge < -0.3 is 15.3 Å². The molecule has 2 N–H and O–H groups in total. The third-order valence-electron chi connectivity index (χ3n) is 2.90. The second-order valence-corrected chi connectivity index (χ2v) is 5.34. The maximum Gasteiger partial charge on any atom is 0.239 e. The number of halogens is 1. The summed E-state index contributed by atoms with van der Waals surface area (Å²) in [5, 5.41) is 12.2. The highest BCUT2D eigenvalue weighted by Crippen LogP contribution is 2.29. The van der Waals surface area contributed by atoms with Gasteiger partial charge in [0.2, 0.25) is 5.91 Å². The van der Waals surface area contributed by atoms with Crippen LogP contribution in [0.4, 0.5) is 5.69 Å². The van der Waals surface area contributed by atoms with E-state index in [1.807, 2.05) is 23.1 Å². The quantitative estimate of drug-likeness (QED) is 0.843. The van der Waals surface area contributed by atoms with Crippen molar-refractivity contribution in [3.05, 3.63) is 28.2 Å². The molecule has 0 saturated carbocycles. The van der Waals surface area contributed by atoms with E-state index in [1.54, 1.807) is 14.0 Å². The van der Waals surface area contributed by atoms with Crippen molar-refractivity contribution >= 4 is 27.5 Å². The van der Waals surface area contributed by atoms with Gasteiger partial charge in [-0.3, -0.25) is 4.79 Å². The molecule has 0 fully saturated rings. The summed E-state index contributed by atoms with van der Waals surface area (Å²) < 4.78 is 0.892. The number of aliphatic hydroxyl groups excluding tert-OH is 1. The fourth-order valence-electron chi connectivity index (χ4n) is 1.85. The molecule has 0 aliphatic carbocycles. The Morgan fingerprint density at radius 2 is 2.21 bits per heavy atom. The number of anilines is 1. The van der Waals surface area contributed by atoms with Crippen molar-refractivity contribution in [2.75, 3.05) is 25.0 Å². The normalized spacial score (nSPS) is 12.1. The first-order chi connectivity index (χ1) is 8.99. The zero-order valence-corrected chi connectivity index (χ0v) is 13.2. The van der Waals surface area contributed by atoms with E-state index in [4.69, 9.17) is 0 Å². The number of aliphatic hydroxyl groups is 1. The summed E-state index contributed by atoms with van der Waals surface area (Å²) in [6.45, 7) is 4.95. The van der Waals surface area contributed by atoms with E-state index >= 15 is 0 Å². The maximum absolute atomic E-state index is 11.5. The number of likely N-dealkylation sites (N-methyl/N-ethyl adjacent to an activating group) is 1. The van der Waals surface area contributed by atoms with Crippen molar-refractivity contribution in [3.8, 4) is 0 Å². The lowest BCUT2D eigenvalue weighted by molar-refractivity contribution is -0.119. The Balaban J connectivity index is 2.98. The Hall–Kier alpha value is -1.07. The highest BCUT2D eigenvalue weighted by Gasteiger charge is 2.14. The van der Waals surface area contributed by atoms with Crippen LogP contribution < -0.4 is 10.2 Å². The van der Waals surface area contributed by atoms with Crippen LogP contribution in [0.25, 0.3) is 0 Å². The van der Waals surface area contributed by atoms with Crippen LogP contribution in [-0.4, -0.2) is 31.2 Å². The highest BCUT2D eigenvalue weighted by atomic mass is 79.9. The van der Waals surface area contributed by atoms with Crippen LogP contribution in [-0.2, 0) is 4.79 Å². The molecule has 0 aromatic heterocycles. The van der Waals surface area contributed by atoms with E-state index in [0.29, 0.717) is 6.54 Å². The summed E-state index contributed by atoms with van der Waals surface area (Å²) in [5.41, 5.74) is 1.82. The van der Waals surface area contributed by atoms with Crippen LogP contribution in [0.2, 0.25) is 0 Å². The van der Waals surface area contributed by atoms with Crippen molar-refractivity contribution < 1.29 is 9.90 Å². The smallest absolute Gasteiger partial charge is 0.239 e. The predicted molar refractivity (Wildman–Crippen MR) is 81.3 cm³/mol. The molecule has 0 unspecified atom stereocenters. The summed E-state index contributed by atoms with van der Waals surface area (Å²) >= 11 is 3.51. The fraction of sp³-hybridized carbons (Fsp3) is 0.500. The van der Waals surface area contributed by atoms with Gasteiger partial charge in [-0.2, -0.15) is 0 Å². The molecular weight excluding hydrogens is 308 g/mol. The number of nitrogens with one attached hydrogen (secondary N) is 1. The Kier molecular flexibility index (Phi) is 6.31. The van der Waals surface area contributed by atoms with E-state index < -0.39 is 6.10 Å². The summed E-state index contributed by atoms with van der Waals surface area (Å²) in [6, 6.07) is 5.72. The lowest BCUT2D eigenvalue weighted by Gasteiger charge is -2.25. The largest absolute Gasteiger partial charge is 0.389 e. The fourth-order valence-corrected chi connectivity index (χ4v) is 2.49. The van der Waals surface area contributed by atoms with E-state index in [2.05, 4.69) is 28.2 Å². The van der Waals surface area contributed by atoms with Crippen LogP contribution in [0, 0.1) is 0 Å². The van der Waals surface area contributed by atoms with Crippen molar-refractivity contribution in [2.45, 2.75) is 26.4 Å². The van der Waals surface area contributed by atoms with E-state index in [9.17, 15) is 9.90 Å². The molecule has 1 aromatic carbocycles. The monoisotopic (exact) mass is 328 g/mol. The Labute approximate surface area is 122 Å². The third kappa shape index (κ3) is 4.51. The van der Waals surface area contributed by atoms with Gasteiger partial charge in [0.15, 0.2) is 0 Å². The van der Waals surface area contributed by atoms with Gasteiger partial charge in [0.25, 0.3) is 0 Å². The van der Waals surface area contributed by atoms with Crippen LogP contribution in [0.5, 0.6) is 0 Å². The van der Waals surface area contributed by atoms with Crippen molar-refractivity contribution in [3.63, 3.8) is 0 Å². The second-order valence-electron chi connectivity index (χ2n) is 4.48. The summed E-state index contributed by atoms with van der Waals surface area (Å²) in [7, 11) is 1.64. The number of amides is 1. The van der Waals surface area contributed by atoms with E-state index in [-0.39, 0.29) is 5.91 Å². The van der Waals surface area contributed by atoms with Gasteiger partial charge in [-0.1, -0.05) is 13.0 Å². The number of benzene rings is 1. The lowest BCUT2D eigenvalue weighted by Crippen LogP contribution is -2.36. The molecule has 0 aliphatic rings. The standard InChI is InChI=1S/C14H21BrN2O2/c1-4-7-17(9-14(19)16-3)13-6-5-11(10(2)18)8-12(13)15/h5-6,8,10,18H,4,7,9H2,1-3H3,(H,16,19)/t10-/m1/s1. The van der Waals surface area contributed by atoms with Gasteiger partial charge in [-0.05, 0) is 47.0 Å². The molecule has 1 aromatic rings. The molecule has 1 amide bonds. The molecule has 0 bridgehead atoms. The average molecular weight is 329 g/mol. The molecule has 0 aliphatic heterocycles. The van der Waals surface area contributed by atoms with Gasteiger partial charge >= 0.3 is 0 Å². The summed E-state index contributed by atoms with van der Waals surface area (Å²) in [5.74, 6) is -0.0139. The molecule has 0 radical (unpaired) electrons. The second kappa shape index (κ2) is 7.50. The van der Waals surface area contributed by atoms with Crippen LogP contribution >= 0.6 is 15.9 Å². The molecule has 5 heteroatoms. The first-order valence-corrected chi connectivity index (χ1v) is 7.22. The summed E-state index contributed by atoms with van der Waals surface area (Å²) in [6.07, 6.45) is 0.464. The number of carbonyl (C=O) groups excluding carboxylic acids is 1. The summed E-state index contributed by atoms with van der Waals surface area (Å²) in [4.78, 5) is 13.6. The van der Waals surface area contributed by atoms with Gasteiger partial charge in [0.05, 0.1) is 18.3 Å². The minimum Gasteiger partial charge on any atom is -0.389 e. The molecule has 106 valence electrons. The van der Waals surface area contributed by atoms with E-state index in [0.717, 1.165) is 28.7 Å². The minimum atomic E-state index is -0.496. The first kappa shape index (κ1) is 16.0. The van der Waals surface area contributed by atoms with Gasteiger partial charge in [0.1, 0.15) is 0 Å². The molecule has 1 atom stereocenters. The Morgan fingerprint density at radius 3 is 2.68 bits per heavy atom. The molecule has 0 heterocycles. The first-order valence-electron chi connectivity index (χ1n) is 6.42. The van der Waals surface area contributed by atoms with Gasteiger partial charge in [0, 0.05) is 18.1 Å². The molecule has 0 saturated heterocycles. The third-order valence-corrected chi connectivity index (χ3v) is 3.54. The SMILES string of the molecule is CCCN(CC(=O)NC)c1ccc([C@@H](C)O)cc1Br. The number of carbonyl (C=O) groups is 1. The van der Waals surface area contributed by atoms with Gasteiger partial charge in [-0.15, -0.1) is 0 Å². The maximum atomic E-state index is 11.5. The molecule has 19 heavy (non-hydrogen) atoms. The predicted octanol–water partition coefficient (Wildman–Crippen LogP) is 2.46. The van der Waals surface area contributed by atoms with Crippen LogP contribution in [0.1, 0.15) is 31.9 Å². The lowest BCUT2D eigenvalue weighted by atomic mass is 10.1. The molecule has 4 nitrogen and oxygen atoms in total. The Morgan fingerprint density at radius 1 is 1.53 bits per heavy atom. The average Bonchev–Trinajstić information content (AvgIpc) is 2.37. The van der Waals surface area contributed by atoms with Crippen LogP contribution in [0.15, 0.2) is 22.7 Å². The van der Waals surface area contributed by atoms with Crippen LogP contribution in [0.3, 0.4) is 0 Å². The zero-order chi connectivity index (χ0) is 14.4. The van der Waals surface area contributed by atoms with Crippen molar-refractivity contribution in [1.82, 2.24) is 5.32 Å². The minimum absolute atomic E-state index is 0.0139. The van der Waals surface area contributed by atoms with Crippen molar-refractivity contribution in [1.29, 1.82) is 0 Å². The topological polar surface area (TPSA) is 52.6 Å². The number of rotatable bonds is 6. The van der Waals surface area contributed by atoms with E-state index in [1.165, 1.54) is 0 Å². The van der Waals surface area contributed by atoms with Crippen molar-refractivity contribution in [2.24, 2.45) is 0 Å². The molecular formula is C14H21BrN2O2. The molecule has 0 spiro atoms. The Bertz CT molecular complexity index is 435. The highest BCUT2D eigenvalue weighted by molar-refractivity contribution is 9.10. The zero-order valence-electron chi connectivity index (χ0n) is 11.6.